The van der Waals surface area contributed by atoms with Crippen molar-refractivity contribution in [1.29, 1.82) is 10.5 Å². The van der Waals surface area contributed by atoms with Crippen molar-refractivity contribution in [1.82, 2.24) is 4.98 Å². The third-order valence-corrected chi connectivity index (χ3v) is 3.66. The quantitative estimate of drug-likeness (QED) is 0.842. The highest BCUT2D eigenvalue weighted by atomic mass is 16.5. The molecule has 1 aliphatic rings. The van der Waals surface area contributed by atoms with E-state index in [0.29, 0.717) is 22.8 Å². The van der Waals surface area contributed by atoms with Crippen LogP contribution in [0.3, 0.4) is 0 Å². The molecule has 102 valence electrons. The Morgan fingerprint density at radius 3 is 2.76 bits per heavy atom. The molecule has 2 aromatic rings. The molecule has 4 nitrogen and oxygen atoms in total. The maximum atomic E-state index is 9.28. The predicted molar refractivity (Wildman–Crippen MR) is 76.9 cm³/mol. The molecule has 1 aliphatic carbocycles. The fourth-order valence-corrected chi connectivity index (χ4v) is 2.49. The first-order valence-electron chi connectivity index (χ1n) is 6.83. The van der Waals surface area contributed by atoms with Crippen molar-refractivity contribution in [2.45, 2.75) is 26.2 Å². The zero-order valence-corrected chi connectivity index (χ0v) is 11.7. The molecule has 1 heterocycles. The van der Waals surface area contributed by atoms with E-state index >= 15 is 0 Å². The van der Waals surface area contributed by atoms with Crippen LogP contribution in [0, 0.1) is 29.6 Å². The summed E-state index contributed by atoms with van der Waals surface area (Å²) in [6, 6.07) is 11.3. The van der Waals surface area contributed by atoms with Gasteiger partial charge in [-0.2, -0.15) is 10.5 Å². The first-order valence-corrected chi connectivity index (χ1v) is 6.83. The molecule has 0 spiro atoms. The van der Waals surface area contributed by atoms with Crippen molar-refractivity contribution in [3.63, 3.8) is 0 Å². The van der Waals surface area contributed by atoms with E-state index in [9.17, 15) is 5.26 Å². The second-order valence-electron chi connectivity index (χ2n) is 5.11. The van der Waals surface area contributed by atoms with Crippen LogP contribution in [0.1, 0.15) is 34.4 Å². The fourth-order valence-electron chi connectivity index (χ4n) is 2.49. The molecule has 1 aromatic heterocycles. The summed E-state index contributed by atoms with van der Waals surface area (Å²) in [5, 5.41) is 18.2. The Morgan fingerprint density at radius 2 is 2.00 bits per heavy atom. The third-order valence-electron chi connectivity index (χ3n) is 3.66. The van der Waals surface area contributed by atoms with Crippen molar-refractivity contribution >= 4 is 0 Å². The van der Waals surface area contributed by atoms with Crippen LogP contribution in [-0.2, 0) is 12.8 Å². The average molecular weight is 275 g/mol. The minimum Gasteiger partial charge on any atom is -0.437 e. The van der Waals surface area contributed by atoms with E-state index in [1.54, 1.807) is 12.1 Å². The summed E-state index contributed by atoms with van der Waals surface area (Å²) in [6.45, 7) is 1.90. The van der Waals surface area contributed by atoms with Crippen LogP contribution in [-0.4, -0.2) is 4.98 Å². The van der Waals surface area contributed by atoms with E-state index in [1.165, 1.54) is 0 Å². The number of nitriles is 2. The molecule has 4 heteroatoms. The van der Waals surface area contributed by atoms with Crippen LogP contribution in [0.25, 0.3) is 0 Å². The summed E-state index contributed by atoms with van der Waals surface area (Å²) in [4.78, 5) is 4.49. The Balaban J connectivity index is 2.03. The Hall–Kier alpha value is -2.85. The summed E-state index contributed by atoms with van der Waals surface area (Å²) in [5.41, 5.74) is 4.02. The molecule has 0 radical (unpaired) electrons. The van der Waals surface area contributed by atoms with Gasteiger partial charge in [0.2, 0.25) is 5.88 Å². The lowest BCUT2D eigenvalue weighted by Crippen LogP contribution is -1.98. The molecule has 0 bridgehead atoms. The van der Waals surface area contributed by atoms with Gasteiger partial charge < -0.3 is 4.74 Å². The second-order valence-corrected chi connectivity index (χ2v) is 5.11. The fraction of sp³-hybridized carbons (Fsp3) is 0.235. The molecule has 3 rings (SSSR count). The Morgan fingerprint density at radius 1 is 1.14 bits per heavy atom. The number of fused-ring (bicyclic) bond motifs is 1. The molecule has 1 aromatic carbocycles. The monoisotopic (exact) mass is 275 g/mol. The van der Waals surface area contributed by atoms with Crippen LogP contribution in [0.2, 0.25) is 0 Å². The summed E-state index contributed by atoms with van der Waals surface area (Å²) in [7, 11) is 0. The van der Waals surface area contributed by atoms with Crippen molar-refractivity contribution in [3.8, 4) is 23.8 Å². The van der Waals surface area contributed by atoms with Crippen molar-refractivity contribution in [3.05, 3.63) is 52.2 Å². The van der Waals surface area contributed by atoms with Crippen LogP contribution in [0.5, 0.6) is 11.6 Å². The van der Waals surface area contributed by atoms with E-state index < -0.39 is 0 Å². The largest absolute Gasteiger partial charge is 0.437 e. The molecule has 0 saturated carbocycles. The van der Waals surface area contributed by atoms with Crippen LogP contribution >= 0.6 is 0 Å². The molecule has 0 saturated heterocycles. The molecular weight excluding hydrogens is 262 g/mol. The lowest BCUT2D eigenvalue weighted by atomic mass is 10.1. The maximum absolute atomic E-state index is 9.28. The van der Waals surface area contributed by atoms with Gasteiger partial charge in [0.25, 0.3) is 0 Å². The number of pyridine rings is 1. The van der Waals surface area contributed by atoms with Gasteiger partial charge in [0.15, 0.2) is 0 Å². The Kier molecular flexibility index (Phi) is 3.30. The van der Waals surface area contributed by atoms with Gasteiger partial charge in [-0.05, 0) is 55.5 Å². The van der Waals surface area contributed by atoms with Gasteiger partial charge in [-0.15, -0.1) is 0 Å². The number of aromatic nitrogens is 1. The van der Waals surface area contributed by atoms with E-state index in [2.05, 4.69) is 17.1 Å². The standard InChI is InChI=1S/C17H13N3O/c1-11-5-6-12(9-18)7-16(11)21-17-14(10-19)8-13-3-2-4-15(13)20-17/h5-8H,2-4H2,1H3. The highest BCUT2D eigenvalue weighted by molar-refractivity contribution is 5.48. The summed E-state index contributed by atoms with van der Waals surface area (Å²) >= 11 is 0. The Bertz CT molecular complexity index is 797. The van der Waals surface area contributed by atoms with Crippen molar-refractivity contribution in [2.75, 3.05) is 0 Å². The smallest absolute Gasteiger partial charge is 0.237 e. The predicted octanol–water partition coefficient (Wildman–Crippen LogP) is 3.41. The average Bonchev–Trinajstić information content (AvgIpc) is 2.95. The van der Waals surface area contributed by atoms with Crippen molar-refractivity contribution in [2.24, 2.45) is 0 Å². The van der Waals surface area contributed by atoms with Gasteiger partial charge in [-0.1, -0.05) is 6.07 Å². The molecule has 0 atom stereocenters. The lowest BCUT2D eigenvalue weighted by Gasteiger charge is -2.11. The highest BCUT2D eigenvalue weighted by Gasteiger charge is 2.18. The third kappa shape index (κ3) is 2.44. The first kappa shape index (κ1) is 13.1. The topological polar surface area (TPSA) is 69.7 Å². The number of hydrogen-bond acceptors (Lipinski definition) is 4. The molecule has 0 fully saturated rings. The van der Waals surface area contributed by atoms with Gasteiger partial charge in [0.05, 0.1) is 11.6 Å². The molecule has 0 unspecified atom stereocenters. The lowest BCUT2D eigenvalue weighted by molar-refractivity contribution is 0.456. The minimum absolute atomic E-state index is 0.330. The zero-order chi connectivity index (χ0) is 14.8. The summed E-state index contributed by atoms with van der Waals surface area (Å²) < 4.78 is 5.81. The molecule has 0 amide bonds. The highest BCUT2D eigenvalue weighted by Crippen LogP contribution is 2.31. The van der Waals surface area contributed by atoms with Crippen LogP contribution in [0.4, 0.5) is 0 Å². The summed E-state index contributed by atoms with van der Waals surface area (Å²) in [5.74, 6) is 0.896. The minimum atomic E-state index is 0.330. The molecule has 0 N–H and O–H groups in total. The maximum Gasteiger partial charge on any atom is 0.237 e. The van der Waals surface area contributed by atoms with E-state index in [0.717, 1.165) is 36.1 Å². The number of aryl methyl sites for hydroxylation is 3. The number of hydrogen-bond donors (Lipinski definition) is 0. The van der Waals surface area contributed by atoms with E-state index in [-0.39, 0.29) is 0 Å². The van der Waals surface area contributed by atoms with Crippen LogP contribution < -0.4 is 4.74 Å². The van der Waals surface area contributed by atoms with Gasteiger partial charge >= 0.3 is 0 Å². The normalized spacial score (nSPS) is 12.3. The van der Waals surface area contributed by atoms with E-state index in [4.69, 9.17) is 10.00 Å². The van der Waals surface area contributed by atoms with Gasteiger partial charge in [-0.3, -0.25) is 0 Å². The summed E-state index contributed by atoms with van der Waals surface area (Å²) in [6.07, 6.45) is 2.97. The molecule has 0 aliphatic heterocycles. The number of benzene rings is 1. The number of nitrogens with zero attached hydrogens (tertiary/aromatic N) is 3. The van der Waals surface area contributed by atoms with E-state index in [1.807, 2.05) is 19.1 Å². The molecule has 21 heavy (non-hydrogen) atoms. The number of ether oxygens (including phenoxy) is 1. The Labute approximate surface area is 123 Å². The second kappa shape index (κ2) is 5.26. The van der Waals surface area contributed by atoms with Crippen molar-refractivity contribution < 1.29 is 4.74 Å². The first-order chi connectivity index (χ1) is 10.2. The SMILES string of the molecule is Cc1ccc(C#N)cc1Oc1nc2c(cc1C#N)CCC2. The van der Waals surface area contributed by atoms with Gasteiger partial charge in [0, 0.05) is 5.69 Å². The zero-order valence-electron chi connectivity index (χ0n) is 11.7. The van der Waals surface area contributed by atoms with Gasteiger partial charge in [0.1, 0.15) is 17.4 Å². The molecular formula is C17H13N3O. The number of rotatable bonds is 2. The van der Waals surface area contributed by atoms with Gasteiger partial charge in [-0.25, -0.2) is 4.98 Å². The van der Waals surface area contributed by atoms with Crippen LogP contribution in [0.15, 0.2) is 24.3 Å².